The van der Waals surface area contributed by atoms with Crippen molar-refractivity contribution in [1.82, 2.24) is 9.97 Å². The molecular formula is C16H15N3O2S. The summed E-state index contributed by atoms with van der Waals surface area (Å²) >= 11 is 0. The summed E-state index contributed by atoms with van der Waals surface area (Å²) in [5.41, 5.74) is 3.44. The quantitative estimate of drug-likeness (QED) is 0.804. The van der Waals surface area contributed by atoms with E-state index in [0.29, 0.717) is 5.75 Å². The van der Waals surface area contributed by atoms with E-state index in [1.807, 2.05) is 30.3 Å². The number of hydrogen-bond acceptors (Lipinski definition) is 4. The van der Waals surface area contributed by atoms with Crippen LogP contribution in [0, 0.1) is 0 Å². The normalized spacial score (nSPS) is 12.1. The van der Waals surface area contributed by atoms with Gasteiger partial charge in [-0.15, -0.1) is 0 Å². The number of hydrogen-bond donors (Lipinski definition) is 1. The Morgan fingerprint density at radius 1 is 1.18 bits per heavy atom. The zero-order valence-electron chi connectivity index (χ0n) is 12.2. The van der Waals surface area contributed by atoms with Crippen LogP contribution in [0.5, 0.6) is 5.75 Å². The lowest BCUT2D eigenvalue weighted by Gasteiger charge is -2.12. The molecule has 1 atom stereocenters. The molecule has 0 aliphatic rings. The minimum atomic E-state index is -1.13. The van der Waals surface area contributed by atoms with Crippen LogP contribution in [-0.4, -0.2) is 27.5 Å². The second kappa shape index (κ2) is 6.11. The van der Waals surface area contributed by atoms with Gasteiger partial charge in [0.1, 0.15) is 16.7 Å². The van der Waals surface area contributed by atoms with E-state index >= 15 is 0 Å². The SMILES string of the molecule is COc1cc(NS(C)=O)ccc1-c1cncc2ncccc12. The summed E-state index contributed by atoms with van der Waals surface area (Å²) in [5.74, 6) is 0.689. The van der Waals surface area contributed by atoms with Crippen LogP contribution in [0.3, 0.4) is 0 Å². The summed E-state index contributed by atoms with van der Waals surface area (Å²) in [7, 11) is 0.485. The topological polar surface area (TPSA) is 64.1 Å². The molecule has 0 radical (unpaired) electrons. The number of anilines is 1. The van der Waals surface area contributed by atoms with Gasteiger partial charge in [-0.25, -0.2) is 4.21 Å². The van der Waals surface area contributed by atoms with Gasteiger partial charge in [-0.3, -0.25) is 9.97 Å². The zero-order valence-corrected chi connectivity index (χ0v) is 13.1. The van der Waals surface area contributed by atoms with Crippen LogP contribution in [0.1, 0.15) is 0 Å². The molecule has 1 N–H and O–H groups in total. The van der Waals surface area contributed by atoms with E-state index in [1.54, 1.807) is 32.0 Å². The molecule has 0 saturated heterocycles. The van der Waals surface area contributed by atoms with Crippen LogP contribution in [0.25, 0.3) is 22.0 Å². The van der Waals surface area contributed by atoms with Gasteiger partial charge in [-0.2, -0.15) is 0 Å². The average Bonchev–Trinajstić information content (AvgIpc) is 2.54. The van der Waals surface area contributed by atoms with Gasteiger partial charge in [0.2, 0.25) is 0 Å². The fourth-order valence-electron chi connectivity index (χ4n) is 2.36. The van der Waals surface area contributed by atoms with Crippen LogP contribution < -0.4 is 9.46 Å². The highest BCUT2D eigenvalue weighted by molar-refractivity contribution is 7.85. The van der Waals surface area contributed by atoms with Gasteiger partial charge in [0, 0.05) is 46.9 Å². The first-order chi connectivity index (χ1) is 10.7. The number of methoxy groups -OCH3 is 1. The molecule has 3 rings (SSSR count). The Kier molecular flexibility index (Phi) is 4.02. The molecule has 6 heteroatoms. The Balaban J connectivity index is 2.16. The fraction of sp³-hybridized carbons (Fsp3) is 0.125. The summed E-state index contributed by atoms with van der Waals surface area (Å²) in [6.45, 7) is 0. The van der Waals surface area contributed by atoms with Gasteiger partial charge in [-0.05, 0) is 18.2 Å². The molecule has 22 heavy (non-hydrogen) atoms. The minimum absolute atomic E-state index is 0.689. The maximum atomic E-state index is 11.3. The maximum Gasteiger partial charge on any atom is 0.128 e. The molecule has 2 aromatic heterocycles. The number of nitrogens with zero attached hydrogens (tertiary/aromatic N) is 2. The van der Waals surface area contributed by atoms with E-state index in [9.17, 15) is 4.21 Å². The molecule has 0 amide bonds. The van der Waals surface area contributed by atoms with Crippen molar-refractivity contribution in [2.75, 3.05) is 18.1 Å². The number of fused-ring (bicyclic) bond motifs is 1. The smallest absolute Gasteiger partial charge is 0.128 e. The highest BCUT2D eigenvalue weighted by atomic mass is 32.2. The van der Waals surface area contributed by atoms with Gasteiger partial charge >= 0.3 is 0 Å². The Morgan fingerprint density at radius 3 is 2.82 bits per heavy atom. The molecule has 0 spiro atoms. The number of rotatable bonds is 4. The molecule has 112 valence electrons. The van der Waals surface area contributed by atoms with Crippen LogP contribution in [0.15, 0.2) is 48.9 Å². The Bertz CT molecular complexity index is 846. The summed E-state index contributed by atoms with van der Waals surface area (Å²) in [5, 5.41) is 1.01. The molecule has 1 aromatic carbocycles. The third-order valence-corrected chi connectivity index (χ3v) is 3.81. The lowest BCUT2D eigenvalue weighted by molar-refractivity contribution is 0.416. The van der Waals surface area contributed by atoms with E-state index < -0.39 is 11.0 Å². The fourth-order valence-corrected chi connectivity index (χ4v) is 2.82. The second-order valence-corrected chi connectivity index (χ2v) is 5.84. The predicted molar refractivity (Wildman–Crippen MR) is 89.2 cm³/mol. The van der Waals surface area contributed by atoms with Gasteiger partial charge in [0.15, 0.2) is 0 Å². The number of benzene rings is 1. The average molecular weight is 313 g/mol. The Labute approximate surface area is 131 Å². The summed E-state index contributed by atoms with van der Waals surface area (Å²) < 4.78 is 19.6. The van der Waals surface area contributed by atoms with Crippen molar-refractivity contribution in [3.63, 3.8) is 0 Å². The molecule has 1 unspecified atom stereocenters. The van der Waals surface area contributed by atoms with Crippen molar-refractivity contribution >= 4 is 27.6 Å². The third-order valence-electron chi connectivity index (χ3n) is 3.28. The first-order valence-electron chi connectivity index (χ1n) is 6.66. The Hall–Kier alpha value is -2.47. The van der Waals surface area contributed by atoms with Gasteiger partial charge < -0.3 is 9.46 Å². The molecule has 0 aliphatic carbocycles. The van der Waals surface area contributed by atoms with Crippen molar-refractivity contribution in [1.29, 1.82) is 0 Å². The van der Waals surface area contributed by atoms with Crippen molar-refractivity contribution < 1.29 is 8.95 Å². The number of aromatic nitrogens is 2. The van der Waals surface area contributed by atoms with Crippen LogP contribution in [-0.2, 0) is 11.0 Å². The summed E-state index contributed by atoms with van der Waals surface area (Å²) in [4.78, 5) is 8.58. The van der Waals surface area contributed by atoms with E-state index in [4.69, 9.17) is 4.74 Å². The minimum Gasteiger partial charge on any atom is -0.496 e. The molecule has 5 nitrogen and oxygen atoms in total. The van der Waals surface area contributed by atoms with Crippen molar-refractivity contribution in [2.45, 2.75) is 0 Å². The Morgan fingerprint density at radius 2 is 2.05 bits per heavy atom. The first-order valence-corrected chi connectivity index (χ1v) is 8.22. The largest absolute Gasteiger partial charge is 0.496 e. The van der Waals surface area contributed by atoms with Crippen LogP contribution >= 0.6 is 0 Å². The summed E-state index contributed by atoms with van der Waals surface area (Å²) in [6, 6.07) is 9.53. The molecule has 2 heterocycles. The van der Waals surface area contributed by atoms with Crippen molar-refractivity contribution in [3.05, 3.63) is 48.9 Å². The maximum absolute atomic E-state index is 11.3. The summed E-state index contributed by atoms with van der Waals surface area (Å²) in [6.07, 6.45) is 6.86. The van der Waals surface area contributed by atoms with E-state index in [1.165, 1.54) is 0 Å². The van der Waals surface area contributed by atoms with E-state index in [2.05, 4.69) is 14.7 Å². The second-order valence-electron chi connectivity index (χ2n) is 4.73. The molecule has 0 fully saturated rings. The monoisotopic (exact) mass is 313 g/mol. The van der Waals surface area contributed by atoms with Crippen LogP contribution in [0.4, 0.5) is 5.69 Å². The number of nitrogens with one attached hydrogen (secondary N) is 1. The van der Waals surface area contributed by atoms with Crippen molar-refractivity contribution in [3.8, 4) is 16.9 Å². The molecule has 0 aliphatic heterocycles. The molecular weight excluding hydrogens is 298 g/mol. The number of pyridine rings is 2. The lowest BCUT2D eigenvalue weighted by atomic mass is 10.0. The number of ether oxygens (including phenoxy) is 1. The van der Waals surface area contributed by atoms with E-state index in [-0.39, 0.29) is 0 Å². The van der Waals surface area contributed by atoms with Crippen LogP contribution in [0.2, 0.25) is 0 Å². The molecule has 0 bridgehead atoms. The highest BCUT2D eigenvalue weighted by Crippen LogP contribution is 2.35. The third kappa shape index (κ3) is 2.78. The highest BCUT2D eigenvalue weighted by Gasteiger charge is 2.11. The zero-order chi connectivity index (χ0) is 15.5. The standard InChI is InChI=1S/C16H15N3O2S/c1-21-16-8-11(19-22(2)20)5-6-13(16)14-9-17-10-15-12(14)4-3-7-18-15/h3-10,19H,1-2H3. The van der Waals surface area contributed by atoms with Gasteiger partial charge in [-0.1, -0.05) is 6.07 Å². The predicted octanol–water partition coefficient (Wildman–Crippen LogP) is 3.01. The van der Waals surface area contributed by atoms with Gasteiger partial charge in [0.05, 0.1) is 18.8 Å². The van der Waals surface area contributed by atoms with E-state index in [0.717, 1.165) is 27.7 Å². The first kappa shape index (κ1) is 14.5. The van der Waals surface area contributed by atoms with Crippen molar-refractivity contribution in [2.24, 2.45) is 0 Å². The molecule has 0 saturated carbocycles. The van der Waals surface area contributed by atoms with Gasteiger partial charge in [0.25, 0.3) is 0 Å². The lowest BCUT2D eigenvalue weighted by Crippen LogP contribution is -2.01. The molecule has 3 aromatic rings.